The molecule has 0 saturated heterocycles. The molecule has 0 radical (unpaired) electrons. The van der Waals surface area contributed by atoms with Crippen molar-refractivity contribution in [3.8, 4) is 5.75 Å². The second kappa shape index (κ2) is 5.35. The molecule has 0 aromatic heterocycles. The average Bonchev–Trinajstić information content (AvgIpc) is 2.22. The van der Waals surface area contributed by atoms with E-state index in [2.05, 4.69) is 4.74 Å². The summed E-state index contributed by atoms with van der Waals surface area (Å²) in [5, 5.41) is 0. The lowest BCUT2D eigenvalue weighted by molar-refractivity contribution is -0.196. The predicted molar refractivity (Wildman–Crippen MR) is 55.3 cm³/mol. The van der Waals surface area contributed by atoms with Crippen molar-refractivity contribution in [2.45, 2.75) is 25.6 Å². The maximum atomic E-state index is 13.5. The van der Waals surface area contributed by atoms with E-state index in [4.69, 9.17) is 5.73 Å². The van der Waals surface area contributed by atoms with Crippen LogP contribution >= 0.6 is 0 Å². The van der Waals surface area contributed by atoms with Gasteiger partial charge in [0.15, 0.2) is 17.7 Å². The second-order valence-electron chi connectivity index (χ2n) is 3.61. The lowest BCUT2D eigenvalue weighted by atomic mass is 10.2. The number of aryl methyl sites for hydroxylation is 1. The van der Waals surface area contributed by atoms with E-state index in [-0.39, 0.29) is 12.1 Å². The molecule has 0 aliphatic rings. The second-order valence-corrected chi connectivity index (χ2v) is 3.61. The zero-order valence-electron chi connectivity index (χ0n) is 9.22. The summed E-state index contributed by atoms with van der Waals surface area (Å²) in [5.74, 6) is -1.18. The topological polar surface area (TPSA) is 35.2 Å². The first-order valence-corrected chi connectivity index (χ1v) is 5.04. The first kappa shape index (κ1) is 13.8. The van der Waals surface area contributed by atoms with Crippen molar-refractivity contribution in [1.29, 1.82) is 0 Å². The Morgan fingerprint density at radius 3 is 2.53 bits per heavy atom. The van der Waals surface area contributed by atoms with Gasteiger partial charge in [0.2, 0.25) is 0 Å². The molecule has 1 aromatic rings. The molecule has 17 heavy (non-hydrogen) atoms. The van der Waals surface area contributed by atoms with Crippen LogP contribution in [0.1, 0.15) is 12.0 Å². The largest absolute Gasteiger partial charge is 0.478 e. The fourth-order valence-electron chi connectivity index (χ4n) is 1.31. The Bertz CT molecular complexity index is 378. The quantitative estimate of drug-likeness (QED) is 0.835. The van der Waals surface area contributed by atoms with Gasteiger partial charge in [-0.3, -0.25) is 0 Å². The van der Waals surface area contributed by atoms with Crippen LogP contribution < -0.4 is 10.5 Å². The Kier molecular flexibility index (Phi) is 4.34. The number of halogens is 4. The van der Waals surface area contributed by atoms with Crippen molar-refractivity contribution in [3.05, 3.63) is 29.6 Å². The van der Waals surface area contributed by atoms with Gasteiger partial charge in [-0.05, 0) is 25.1 Å². The molecular weight excluding hydrogens is 238 g/mol. The minimum absolute atomic E-state index is 0.183. The van der Waals surface area contributed by atoms with Gasteiger partial charge in [-0.25, -0.2) is 4.39 Å². The molecule has 1 aromatic carbocycles. The van der Waals surface area contributed by atoms with Gasteiger partial charge in [0, 0.05) is 6.42 Å². The predicted octanol–water partition coefficient (Wildman–Crippen LogP) is 2.79. The first-order chi connectivity index (χ1) is 7.86. The summed E-state index contributed by atoms with van der Waals surface area (Å²) in [4.78, 5) is 0. The van der Waals surface area contributed by atoms with Crippen LogP contribution in [0.25, 0.3) is 0 Å². The zero-order valence-corrected chi connectivity index (χ0v) is 9.22. The maximum absolute atomic E-state index is 13.5. The van der Waals surface area contributed by atoms with Gasteiger partial charge in [-0.2, -0.15) is 13.2 Å². The fraction of sp³-hybridized carbons (Fsp3) is 0.455. The summed E-state index contributed by atoms with van der Waals surface area (Å²) in [6, 6.07) is 4.05. The van der Waals surface area contributed by atoms with Gasteiger partial charge in [-0.1, -0.05) is 12.1 Å². The lowest BCUT2D eigenvalue weighted by Gasteiger charge is -2.21. The Morgan fingerprint density at radius 2 is 2.00 bits per heavy atom. The highest BCUT2D eigenvalue weighted by molar-refractivity contribution is 5.30. The third-order valence-corrected chi connectivity index (χ3v) is 2.22. The van der Waals surface area contributed by atoms with Crippen LogP contribution in [0.2, 0.25) is 0 Å². The van der Waals surface area contributed by atoms with Crippen molar-refractivity contribution in [1.82, 2.24) is 0 Å². The number of benzene rings is 1. The fourth-order valence-corrected chi connectivity index (χ4v) is 1.31. The maximum Gasteiger partial charge on any atom is 0.425 e. The standard InChI is InChI=1S/C11H13F4NO/c1-7-3-2-4-8(10(7)12)17-9(5-6-16)11(13,14)15/h2-4,9H,5-6,16H2,1H3. The van der Waals surface area contributed by atoms with E-state index in [1.54, 1.807) is 0 Å². The summed E-state index contributed by atoms with van der Waals surface area (Å²) in [7, 11) is 0. The minimum Gasteiger partial charge on any atom is -0.478 e. The summed E-state index contributed by atoms with van der Waals surface area (Å²) in [5.41, 5.74) is 5.31. The summed E-state index contributed by atoms with van der Waals surface area (Å²) >= 11 is 0. The molecule has 1 unspecified atom stereocenters. The third kappa shape index (κ3) is 3.59. The van der Waals surface area contributed by atoms with E-state index < -0.39 is 30.3 Å². The third-order valence-electron chi connectivity index (χ3n) is 2.22. The molecule has 0 bridgehead atoms. The molecule has 0 fully saturated rings. The number of rotatable bonds is 4. The molecule has 2 nitrogen and oxygen atoms in total. The average molecular weight is 251 g/mol. The molecule has 0 heterocycles. The van der Waals surface area contributed by atoms with Crippen molar-refractivity contribution in [2.75, 3.05) is 6.54 Å². The number of hydrogen-bond acceptors (Lipinski definition) is 2. The van der Waals surface area contributed by atoms with Gasteiger partial charge in [0.25, 0.3) is 0 Å². The van der Waals surface area contributed by atoms with Crippen LogP contribution in [-0.4, -0.2) is 18.8 Å². The first-order valence-electron chi connectivity index (χ1n) is 5.04. The molecule has 6 heteroatoms. The highest BCUT2D eigenvalue weighted by Gasteiger charge is 2.41. The van der Waals surface area contributed by atoms with E-state index in [0.717, 1.165) is 6.07 Å². The minimum atomic E-state index is -4.56. The summed E-state index contributed by atoms with van der Waals surface area (Å²) < 4.78 is 55.7. The Hall–Kier alpha value is -1.30. The van der Waals surface area contributed by atoms with E-state index in [1.165, 1.54) is 19.1 Å². The van der Waals surface area contributed by atoms with Gasteiger partial charge in [0.1, 0.15) is 0 Å². The highest BCUT2D eigenvalue weighted by atomic mass is 19.4. The van der Waals surface area contributed by atoms with Crippen molar-refractivity contribution < 1.29 is 22.3 Å². The number of alkyl halides is 3. The van der Waals surface area contributed by atoms with E-state index in [1.807, 2.05) is 0 Å². The summed E-state index contributed by atoms with van der Waals surface area (Å²) in [6.45, 7) is 1.27. The van der Waals surface area contributed by atoms with Crippen LogP contribution in [0, 0.1) is 12.7 Å². The normalized spacial score (nSPS) is 13.5. The molecular formula is C11H13F4NO. The number of ether oxygens (including phenoxy) is 1. The molecule has 1 atom stereocenters. The zero-order chi connectivity index (χ0) is 13.1. The van der Waals surface area contributed by atoms with Crippen LogP contribution in [-0.2, 0) is 0 Å². The monoisotopic (exact) mass is 251 g/mol. The van der Waals surface area contributed by atoms with Crippen molar-refractivity contribution in [3.63, 3.8) is 0 Å². The van der Waals surface area contributed by atoms with E-state index in [0.29, 0.717) is 0 Å². The van der Waals surface area contributed by atoms with Crippen molar-refractivity contribution >= 4 is 0 Å². The Morgan fingerprint density at radius 1 is 1.35 bits per heavy atom. The number of hydrogen-bond donors (Lipinski definition) is 1. The molecule has 1 rings (SSSR count). The highest BCUT2D eigenvalue weighted by Crippen LogP contribution is 2.29. The smallest absolute Gasteiger partial charge is 0.425 e. The molecule has 0 saturated carbocycles. The molecule has 2 N–H and O–H groups in total. The Labute approximate surface area is 96.4 Å². The molecule has 0 amide bonds. The van der Waals surface area contributed by atoms with Gasteiger partial charge in [-0.15, -0.1) is 0 Å². The molecule has 0 aliphatic heterocycles. The van der Waals surface area contributed by atoms with Gasteiger partial charge < -0.3 is 10.5 Å². The van der Waals surface area contributed by atoms with Gasteiger partial charge in [0.05, 0.1) is 0 Å². The summed E-state index contributed by atoms with van der Waals surface area (Å²) in [6.07, 6.45) is -7.05. The molecule has 0 aliphatic carbocycles. The lowest BCUT2D eigenvalue weighted by Crippen LogP contribution is -2.36. The van der Waals surface area contributed by atoms with E-state index in [9.17, 15) is 17.6 Å². The van der Waals surface area contributed by atoms with Gasteiger partial charge >= 0.3 is 6.18 Å². The molecule has 0 spiro atoms. The Balaban J connectivity index is 2.90. The SMILES string of the molecule is Cc1cccc(OC(CCN)C(F)(F)F)c1F. The van der Waals surface area contributed by atoms with Crippen molar-refractivity contribution in [2.24, 2.45) is 5.73 Å². The van der Waals surface area contributed by atoms with Crippen LogP contribution in [0.3, 0.4) is 0 Å². The van der Waals surface area contributed by atoms with Crippen LogP contribution in [0.5, 0.6) is 5.75 Å². The van der Waals surface area contributed by atoms with Crippen LogP contribution in [0.4, 0.5) is 17.6 Å². The van der Waals surface area contributed by atoms with E-state index >= 15 is 0 Å². The number of nitrogens with two attached hydrogens (primary N) is 1. The van der Waals surface area contributed by atoms with Crippen LogP contribution in [0.15, 0.2) is 18.2 Å². The molecule has 96 valence electrons.